The fraction of sp³-hybridized carbons (Fsp3) is 0.273. The van der Waals surface area contributed by atoms with E-state index in [1.54, 1.807) is 6.07 Å². The third-order valence-corrected chi connectivity index (χ3v) is 2.19. The summed E-state index contributed by atoms with van der Waals surface area (Å²) >= 11 is 0. The number of carbonyl (C=O) groups excluding carboxylic acids is 1. The number of primary amides is 1. The van der Waals surface area contributed by atoms with E-state index in [1.165, 1.54) is 13.2 Å². The first-order valence-electron chi connectivity index (χ1n) is 4.54. The van der Waals surface area contributed by atoms with Gasteiger partial charge in [-0.15, -0.1) is 0 Å². The van der Waals surface area contributed by atoms with Gasteiger partial charge in [-0.1, -0.05) is 6.92 Å². The molecule has 0 aromatic heterocycles. The molecule has 78 valence electrons. The summed E-state index contributed by atoms with van der Waals surface area (Å²) in [6, 6.07) is 5.18. The fourth-order valence-corrected chi connectivity index (χ4v) is 1.38. The van der Waals surface area contributed by atoms with Crippen LogP contribution in [0.25, 0.3) is 0 Å². The Hall–Kier alpha value is -2.02. The molecule has 0 bridgehead atoms. The monoisotopic (exact) mass is 204 g/mol. The Bertz CT molecular complexity index is 433. The highest BCUT2D eigenvalue weighted by molar-refractivity contribution is 5.96. The SMILES string of the molecule is CCc1cc(OC)c(C(N)=O)cc1C#N. The molecule has 4 nitrogen and oxygen atoms in total. The van der Waals surface area contributed by atoms with Gasteiger partial charge >= 0.3 is 0 Å². The van der Waals surface area contributed by atoms with Gasteiger partial charge in [-0.25, -0.2) is 0 Å². The number of nitrogens with two attached hydrogens (primary N) is 1. The molecule has 1 aromatic rings. The van der Waals surface area contributed by atoms with Crippen molar-refractivity contribution < 1.29 is 9.53 Å². The number of nitrogens with zero attached hydrogens (tertiary/aromatic N) is 1. The van der Waals surface area contributed by atoms with Gasteiger partial charge in [0.1, 0.15) is 5.75 Å². The van der Waals surface area contributed by atoms with Crippen LogP contribution in [0.1, 0.15) is 28.4 Å². The van der Waals surface area contributed by atoms with Crippen LogP contribution in [0.15, 0.2) is 12.1 Å². The van der Waals surface area contributed by atoms with Crippen molar-refractivity contribution in [2.75, 3.05) is 7.11 Å². The Morgan fingerprint density at radius 2 is 2.27 bits per heavy atom. The van der Waals surface area contributed by atoms with E-state index in [9.17, 15) is 4.79 Å². The first kappa shape index (κ1) is 11.1. The van der Waals surface area contributed by atoms with Crippen LogP contribution in [0.4, 0.5) is 0 Å². The number of methoxy groups -OCH3 is 1. The summed E-state index contributed by atoms with van der Waals surface area (Å²) in [5, 5.41) is 8.88. The number of nitriles is 1. The maximum atomic E-state index is 11.1. The van der Waals surface area contributed by atoms with Gasteiger partial charge in [0, 0.05) is 0 Å². The molecule has 0 aliphatic carbocycles. The second-order valence-electron chi connectivity index (χ2n) is 3.04. The first-order chi connectivity index (χ1) is 7.13. The highest BCUT2D eigenvalue weighted by Gasteiger charge is 2.13. The molecule has 4 heteroatoms. The lowest BCUT2D eigenvalue weighted by Gasteiger charge is -2.09. The van der Waals surface area contributed by atoms with Gasteiger partial charge < -0.3 is 10.5 Å². The molecule has 0 heterocycles. The summed E-state index contributed by atoms with van der Waals surface area (Å²) in [4.78, 5) is 11.1. The second-order valence-corrected chi connectivity index (χ2v) is 3.04. The van der Waals surface area contributed by atoms with Crippen LogP contribution in [0, 0.1) is 11.3 Å². The van der Waals surface area contributed by atoms with Crippen LogP contribution in [0.2, 0.25) is 0 Å². The number of hydrogen-bond acceptors (Lipinski definition) is 3. The van der Waals surface area contributed by atoms with Gasteiger partial charge in [-0.05, 0) is 24.1 Å². The van der Waals surface area contributed by atoms with Gasteiger partial charge in [0.2, 0.25) is 0 Å². The predicted molar refractivity (Wildman–Crippen MR) is 55.6 cm³/mol. The van der Waals surface area contributed by atoms with E-state index in [2.05, 4.69) is 0 Å². The summed E-state index contributed by atoms with van der Waals surface area (Å²) in [6.07, 6.45) is 0.707. The largest absolute Gasteiger partial charge is 0.496 e. The van der Waals surface area contributed by atoms with Crippen LogP contribution < -0.4 is 10.5 Å². The number of rotatable bonds is 3. The quantitative estimate of drug-likeness (QED) is 0.804. The van der Waals surface area contributed by atoms with Gasteiger partial charge in [0.25, 0.3) is 5.91 Å². The standard InChI is InChI=1S/C11H12N2O2/c1-3-7-5-10(15-2)9(11(13)14)4-8(7)6-12/h4-5H,3H2,1-2H3,(H2,13,14). The van der Waals surface area contributed by atoms with Crippen molar-refractivity contribution in [3.05, 3.63) is 28.8 Å². The molecule has 0 fully saturated rings. The molecular formula is C11H12N2O2. The van der Waals surface area contributed by atoms with E-state index in [-0.39, 0.29) is 5.56 Å². The molecule has 0 unspecified atom stereocenters. The van der Waals surface area contributed by atoms with Crippen molar-refractivity contribution in [3.63, 3.8) is 0 Å². The van der Waals surface area contributed by atoms with Crippen LogP contribution in [0.5, 0.6) is 5.75 Å². The van der Waals surface area contributed by atoms with E-state index >= 15 is 0 Å². The number of benzene rings is 1. The van der Waals surface area contributed by atoms with Crippen LogP contribution in [-0.2, 0) is 6.42 Å². The Labute approximate surface area is 88.3 Å². The Balaban J connectivity index is 3.42. The zero-order valence-corrected chi connectivity index (χ0v) is 8.70. The van der Waals surface area contributed by atoms with Crippen molar-refractivity contribution >= 4 is 5.91 Å². The van der Waals surface area contributed by atoms with Gasteiger partial charge in [0.05, 0.1) is 24.3 Å². The normalized spacial score (nSPS) is 9.40. The average molecular weight is 204 g/mol. The summed E-state index contributed by atoms with van der Waals surface area (Å²) in [5.41, 5.74) is 6.73. The third-order valence-electron chi connectivity index (χ3n) is 2.19. The lowest BCUT2D eigenvalue weighted by molar-refractivity contribution is 0.0997. The lowest BCUT2D eigenvalue weighted by Crippen LogP contribution is -2.13. The molecule has 0 spiro atoms. The Morgan fingerprint density at radius 3 is 2.67 bits per heavy atom. The minimum atomic E-state index is -0.592. The smallest absolute Gasteiger partial charge is 0.252 e. The minimum Gasteiger partial charge on any atom is -0.496 e. The molecule has 0 aliphatic heterocycles. The maximum absolute atomic E-state index is 11.1. The van der Waals surface area contributed by atoms with E-state index in [4.69, 9.17) is 15.7 Å². The Morgan fingerprint density at radius 1 is 1.60 bits per heavy atom. The van der Waals surface area contributed by atoms with E-state index < -0.39 is 5.91 Å². The van der Waals surface area contributed by atoms with Crippen molar-refractivity contribution in [1.82, 2.24) is 0 Å². The molecule has 2 N–H and O–H groups in total. The summed E-state index contributed by atoms with van der Waals surface area (Å²) in [5.74, 6) is -0.177. The highest BCUT2D eigenvalue weighted by Crippen LogP contribution is 2.23. The first-order valence-corrected chi connectivity index (χ1v) is 4.54. The van der Waals surface area contributed by atoms with Gasteiger partial charge in [0.15, 0.2) is 0 Å². The molecule has 0 aliphatic rings. The molecule has 1 aromatic carbocycles. The van der Waals surface area contributed by atoms with Crippen molar-refractivity contribution in [2.24, 2.45) is 5.73 Å². The van der Waals surface area contributed by atoms with Crippen molar-refractivity contribution in [2.45, 2.75) is 13.3 Å². The number of amides is 1. The zero-order valence-electron chi connectivity index (χ0n) is 8.70. The topological polar surface area (TPSA) is 76.1 Å². The predicted octanol–water partition coefficient (Wildman–Crippen LogP) is 1.23. The average Bonchev–Trinajstić information content (AvgIpc) is 2.26. The fourth-order valence-electron chi connectivity index (χ4n) is 1.38. The number of ether oxygens (including phenoxy) is 1. The summed E-state index contributed by atoms with van der Waals surface area (Å²) < 4.78 is 5.04. The minimum absolute atomic E-state index is 0.242. The maximum Gasteiger partial charge on any atom is 0.252 e. The van der Waals surface area contributed by atoms with E-state index in [0.29, 0.717) is 17.7 Å². The zero-order chi connectivity index (χ0) is 11.4. The molecule has 0 radical (unpaired) electrons. The number of hydrogen-bond donors (Lipinski definition) is 1. The van der Waals surface area contributed by atoms with Gasteiger partial charge in [-0.2, -0.15) is 5.26 Å². The van der Waals surface area contributed by atoms with Gasteiger partial charge in [-0.3, -0.25) is 4.79 Å². The molecule has 1 amide bonds. The van der Waals surface area contributed by atoms with Crippen LogP contribution in [0.3, 0.4) is 0 Å². The molecular weight excluding hydrogens is 192 g/mol. The Kier molecular flexibility index (Phi) is 3.29. The highest BCUT2D eigenvalue weighted by atomic mass is 16.5. The molecule has 15 heavy (non-hydrogen) atoms. The van der Waals surface area contributed by atoms with Crippen LogP contribution >= 0.6 is 0 Å². The number of aryl methyl sites for hydroxylation is 1. The summed E-state index contributed by atoms with van der Waals surface area (Å²) in [6.45, 7) is 1.93. The molecule has 0 saturated heterocycles. The summed E-state index contributed by atoms with van der Waals surface area (Å²) in [7, 11) is 1.47. The molecule has 0 atom stereocenters. The van der Waals surface area contributed by atoms with Crippen molar-refractivity contribution in [1.29, 1.82) is 5.26 Å². The lowest BCUT2D eigenvalue weighted by atomic mass is 10.0. The third kappa shape index (κ3) is 2.08. The van der Waals surface area contributed by atoms with Crippen LogP contribution in [-0.4, -0.2) is 13.0 Å². The molecule has 1 rings (SSSR count). The van der Waals surface area contributed by atoms with Crippen molar-refractivity contribution in [3.8, 4) is 11.8 Å². The van der Waals surface area contributed by atoms with E-state index in [1.807, 2.05) is 13.0 Å². The molecule has 0 saturated carbocycles. The second kappa shape index (κ2) is 4.47. The number of carbonyl (C=O) groups is 1. The van der Waals surface area contributed by atoms with E-state index in [0.717, 1.165) is 5.56 Å².